The molecule has 2 aromatic heterocycles. The maximum atomic E-state index is 12.0. The summed E-state index contributed by atoms with van der Waals surface area (Å²) in [6.07, 6.45) is 6.17. The molecule has 1 saturated heterocycles. The average molecular weight is 274 g/mol. The molecule has 7 nitrogen and oxygen atoms in total. The summed E-state index contributed by atoms with van der Waals surface area (Å²) in [5.41, 5.74) is 1.28. The molecule has 1 aliphatic heterocycles. The lowest BCUT2D eigenvalue weighted by Crippen LogP contribution is -2.32. The van der Waals surface area contributed by atoms with Crippen LogP contribution < -0.4 is 5.32 Å². The van der Waals surface area contributed by atoms with Crippen molar-refractivity contribution >= 4 is 5.91 Å². The Labute approximate surface area is 115 Å². The van der Waals surface area contributed by atoms with Crippen LogP contribution in [-0.2, 0) is 9.47 Å². The predicted octanol–water partition coefficient (Wildman–Crippen LogP) is 0.370. The summed E-state index contributed by atoms with van der Waals surface area (Å²) in [7, 11) is 0. The minimum Gasteiger partial charge on any atom is -0.348 e. The highest BCUT2D eigenvalue weighted by atomic mass is 16.7. The SMILES string of the molecule is O=C(NCC1OCCO1)c1cnn(-c2cccnc2)c1. The molecule has 2 aromatic rings. The summed E-state index contributed by atoms with van der Waals surface area (Å²) in [4.78, 5) is 16.0. The highest BCUT2D eigenvalue weighted by Gasteiger charge is 2.17. The number of carbonyl (C=O) groups is 1. The second kappa shape index (κ2) is 5.81. The minimum absolute atomic E-state index is 0.209. The molecule has 0 atom stereocenters. The number of amides is 1. The maximum absolute atomic E-state index is 12.0. The Morgan fingerprint density at radius 1 is 1.40 bits per heavy atom. The van der Waals surface area contributed by atoms with Crippen molar-refractivity contribution in [3.8, 4) is 5.69 Å². The number of nitrogens with one attached hydrogen (secondary N) is 1. The Morgan fingerprint density at radius 2 is 2.25 bits per heavy atom. The van der Waals surface area contributed by atoms with Crippen molar-refractivity contribution < 1.29 is 14.3 Å². The van der Waals surface area contributed by atoms with Gasteiger partial charge in [0.15, 0.2) is 6.29 Å². The van der Waals surface area contributed by atoms with Crippen molar-refractivity contribution in [3.05, 3.63) is 42.5 Å². The Morgan fingerprint density at radius 3 is 3.00 bits per heavy atom. The van der Waals surface area contributed by atoms with Gasteiger partial charge in [0.05, 0.1) is 43.4 Å². The second-order valence-corrected chi connectivity index (χ2v) is 4.27. The van der Waals surface area contributed by atoms with Gasteiger partial charge in [-0.25, -0.2) is 4.68 Å². The molecule has 1 amide bonds. The normalized spacial score (nSPS) is 15.4. The molecule has 0 spiro atoms. The van der Waals surface area contributed by atoms with Crippen LogP contribution in [0.25, 0.3) is 5.69 Å². The molecule has 0 saturated carbocycles. The first-order valence-electron chi connectivity index (χ1n) is 6.29. The smallest absolute Gasteiger partial charge is 0.254 e. The van der Waals surface area contributed by atoms with Gasteiger partial charge in [0.2, 0.25) is 0 Å². The van der Waals surface area contributed by atoms with Crippen LogP contribution in [0.3, 0.4) is 0 Å². The van der Waals surface area contributed by atoms with Crippen molar-refractivity contribution in [1.29, 1.82) is 0 Å². The zero-order valence-corrected chi connectivity index (χ0v) is 10.7. The molecule has 0 aliphatic carbocycles. The van der Waals surface area contributed by atoms with Crippen LogP contribution in [0.15, 0.2) is 36.9 Å². The number of rotatable bonds is 4. The first-order chi connectivity index (χ1) is 9.83. The summed E-state index contributed by atoms with van der Waals surface area (Å²) in [6.45, 7) is 1.47. The molecule has 0 unspecified atom stereocenters. The number of hydrogen-bond acceptors (Lipinski definition) is 5. The third-order valence-electron chi connectivity index (χ3n) is 2.88. The molecule has 1 N–H and O–H groups in total. The monoisotopic (exact) mass is 274 g/mol. The van der Waals surface area contributed by atoms with Gasteiger partial charge in [-0.1, -0.05) is 0 Å². The van der Waals surface area contributed by atoms with Crippen molar-refractivity contribution in [3.63, 3.8) is 0 Å². The number of aromatic nitrogens is 3. The van der Waals surface area contributed by atoms with E-state index in [1.165, 1.54) is 6.20 Å². The van der Waals surface area contributed by atoms with Gasteiger partial charge in [-0.15, -0.1) is 0 Å². The van der Waals surface area contributed by atoms with Gasteiger partial charge in [0.1, 0.15) is 0 Å². The van der Waals surface area contributed by atoms with Gasteiger partial charge >= 0.3 is 0 Å². The van der Waals surface area contributed by atoms with E-state index in [1.54, 1.807) is 23.3 Å². The van der Waals surface area contributed by atoms with Gasteiger partial charge in [-0.3, -0.25) is 9.78 Å². The zero-order valence-electron chi connectivity index (χ0n) is 10.7. The van der Waals surface area contributed by atoms with Crippen LogP contribution in [0.5, 0.6) is 0 Å². The fourth-order valence-electron chi connectivity index (χ4n) is 1.87. The topological polar surface area (TPSA) is 78.3 Å². The number of carbonyl (C=O) groups excluding carboxylic acids is 1. The zero-order chi connectivity index (χ0) is 13.8. The first kappa shape index (κ1) is 12.8. The lowest BCUT2D eigenvalue weighted by Gasteiger charge is -2.09. The summed E-state index contributed by atoms with van der Waals surface area (Å²) in [6, 6.07) is 3.67. The van der Waals surface area contributed by atoms with Crippen LogP contribution in [0, 0.1) is 0 Å². The third kappa shape index (κ3) is 2.84. The molecule has 1 aliphatic rings. The molecule has 104 valence electrons. The molecule has 0 radical (unpaired) electrons. The Kier molecular flexibility index (Phi) is 3.71. The van der Waals surface area contributed by atoms with Crippen LogP contribution in [0.2, 0.25) is 0 Å². The van der Waals surface area contributed by atoms with Gasteiger partial charge < -0.3 is 14.8 Å². The predicted molar refractivity (Wildman–Crippen MR) is 69.4 cm³/mol. The van der Waals surface area contributed by atoms with E-state index in [2.05, 4.69) is 15.4 Å². The lowest BCUT2D eigenvalue weighted by atomic mass is 10.3. The molecule has 0 aromatic carbocycles. The summed E-state index contributed by atoms with van der Waals surface area (Å²) in [5.74, 6) is -0.209. The molecule has 3 rings (SSSR count). The number of nitrogens with zero attached hydrogens (tertiary/aromatic N) is 3. The maximum Gasteiger partial charge on any atom is 0.254 e. The van der Waals surface area contributed by atoms with Crippen molar-refractivity contribution in [2.24, 2.45) is 0 Å². The van der Waals surface area contributed by atoms with Crippen molar-refractivity contribution in [2.45, 2.75) is 6.29 Å². The van der Waals surface area contributed by atoms with E-state index < -0.39 is 0 Å². The van der Waals surface area contributed by atoms with E-state index in [9.17, 15) is 4.79 Å². The first-order valence-corrected chi connectivity index (χ1v) is 6.29. The van der Waals surface area contributed by atoms with Gasteiger partial charge in [-0.2, -0.15) is 5.10 Å². The number of hydrogen-bond donors (Lipinski definition) is 1. The summed E-state index contributed by atoms with van der Waals surface area (Å²) >= 11 is 0. The second-order valence-electron chi connectivity index (χ2n) is 4.27. The average Bonchev–Trinajstić information content (AvgIpc) is 3.17. The lowest BCUT2D eigenvalue weighted by molar-refractivity contribution is -0.0379. The Hall–Kier alpha value is -2.25. The van der Waals surface area contributed by atoms with Gasteiger partial charge in [0.25, 0.3) is 5.91 Å². The molecular weight excluding hydrogens is 260 g/mol. The van der Waals surface area contributed by atoms with Crippen LogP contribution in [0.1, 0.15) is 10.4 Å². The molecule has 1 fully saturated rings. The van der Waals surface area contributed by atoms with Gasteiger partial charge in [0, 0.05) is 12.4 Å². The van der Waals surface area contributed by atoms with Gasteiger partial charge in [-0.05, 0) is 12.1 Å². The fourth-order valence-corrected chi connectivity index (χ4v) is 1.87. The summed E-state index contributed by atoms with van der Waals surface area (Å²) < 4.78 is 12.1. The Bertz CT molecular complexity index is 578. The standard InChI is InChI=1S/C13H14N4O3/c18-13(15-8-12-19-4-5-20-12)10-6-16-17(9-10)11-2-1-3-14-7-11/h1-3,6-7,9,12H,4-5,8H2,(H,15,18). The number of pyridine rings is 1. The fraction of sp³-hybridized carbons (Fsp3) is 0.308. The van der Waals surface area contributed by atoms with Crippen molar-refractivity contribution in [1.82, 2.24) is 20.1 Å². The van der Waals surface area contributed by atoms with Crippen LogP contribution in [0.4, 0.5) is 0 Å². The molecule has 20 heavy (non-hydrogen) atoms. The van der Waals surface area contributed by atoms with Crippen LogP contribution in [-0.4, -0.2) is 46.7 Å². The third-order valence-corrected chi connectivity index (χ3v) is 2.88. The van der Waals surface area contributed by atoms with Crippen LogP contribution >= 0.6 is 0 Å². The largest absolute Gasteiger partial charge is 0.348 e. The number of ether oxygens (including phenoxy) is 2. The Balaban J connectivity index is 1.62. The summed E-state index contributed by atoms with van der Waals surface area (Å²) in [5, 5.41) is 6.89. The van der Waals surface area contributed by atoms with E-state index in [0.717, 1.165) is 5.69 Å². The van der Waals surface area contributed by atoms with E-state index in [1.807, 2.05) is 12.1 Å². The van der Waals surface area contributed by atoms with E-state index in [-0.39, 0.29) is 12.2 Å². The van der Waals surface area contributed by atoms with Crippen molar-refractivity contribution in [2.75, 3.05) is 19.8 Å². The molecule has 3 heterocycles. The molecular formula is C13H14N4O3. The highest BCUT2D eigenvalue weighted by molar-refractivity contribution is 5.93. The van der Waals surface area contributed by atoms with E-state index >= 15 is 0 Å². The quantitative estimate of drug-likeness (QED) is 0.871. The molecule has 0 bridgehead atoms. The van der Waals surface area contributed by atoms with E-state index in [4.69, 9.17) is 9.47 Å². The minimum atomic E-state index is -0.354. The highest BCUT2D eigenvalue weighted by Crippen LogP contribution is 2.07. The van der Waals surface area contributed by atoms with E-state index in [0.29, 0.717) is 25.3 Å². The molecule has 7 heteroatoms.